The van der Waals surface area contributed by atoms with Crippen LogP contribution in [0.2, 0.25) is 0 Å². The van der Waals surface area contributed by atoms with Gasteiger partial charge >= 0.3 is 0 Å². The summed E-state index contributed by atoms with van der Waals surface area (Å²) < 4.78 is 0. The summed E-state index contributed by atoms with van der Waals surface area (Å²) in [6, 6.07) is 0. The van der Waals surface area contributed by atoms with E-state index in [1.54, 1.807) is 0 Å². The minimum absolute atomic E-state index is 0.0104. The van der Waals surface area contributed by atoms with E-state index >= 15 is 0 Å². The molecule has 1 fully saturated rings. The molecule has 5 nitrogen and oxygen atoms in total. The highest BCUT2D eigenvalue weighted by atomic mass is 32.1. The lowest BCUT2D eigenvalue weighted by Gasteiger charge is -2.31. The molecule has 1 aromatic rings. The predicted octanol–water partition coefficient (Wildman–Crippen LogP) is 0.835. The van der Waals surface area contributed by atoms with Crippen LogP contribution in [0.25, 0.3) is 0 Å². The van der Waals surface area contributed by atoms with Gasteiger partial charge in [-0.1, -0.05) is 13.8 Å². The highest BCUT2D eigenvalue weighted by Crippen LogP contribution is 2.38. The third-order valence-electron chi connectivity index (χ3n) is 4.91. The molecule has 0 aromatic carbocycles. The Morgan fingerprint density at radius 1 is 1.26 bits per heavy atom. The Labute approximate surface area is 141 Å². The topological polar surface area (TPSA) is 76.6 Å². The third-order valence-corrected chi connectivity index (χ3v) is 6.12. The second-order valence-corrected chi connectivity index (χ2v) is 8.36. The van der Waals surface area contributed by atoms with E-state index in [1.807, 2.05) is 0 Å². The summed E-state index contributed by atoms with van der Waals surface area (Å²) in [7, 11) is 0. The van der Waals surface area contributed by atoms with Gasteiger partial charge in [0.2, 0.25) is 0 Å². The summed E-state index contributed by atoms with van der Waals surface area (Å²) in [6.45, 7) is 7.06. The Balaban J connectivity index is 1.68. The van der Waals surface area contributed by atoms with Gasteiger partial charge in [0.05, 0.1) is 18.7 Å². The standard InChI is InChI=1S/C17H25N3O2S/c1-10-6-11(2)8-20(7-10)9-14(21)19-17-15(16(18)22)12-4-3-5-13(12)23-17/h10-11H,3-9H2,1-2H3,(H2,18,22)(H,19,21)/p+1/t10-,11-/m1/s1. The third kappa shape index (κ3) is 3.58. The van der Waals surface area contributed by atoms with Crippen molar-refractivity contribution in [2.45, 2.75) is 39.5 Å². The largest absolute Gasteiger partial charge is 0.365 e. The van der Waals surface area contributed by atoms with Gasteiger partial charge in [0.15, 0.2) is 6.54 Å². The number of primary amides is 1. The molecule has 2 heterocycles. The minimum Gasteiger partial charge on any atom is -0.365 e. The highest BCUT2D eigenvalue weighted by Gasteiger charge is 2.29. The summed E-state index contributed by atoms with van der Waals surface area (Å²) in [5.74, 6) is 0.887. The number of carbonyl (C=O) groups excluding carboxylic acids is 2. The Bertz CT molecular complexity index is 616. The van der Waals surface area contributed by atoms with Crippen LogP contribution in [0.1, 0.15) is 47.5 Å². The van der Waals surface area contributed by atoms with E-state index in [-0.39, 0.29) is 5.91 Å². The first kappa shape index (κ1) is 16.5. The molecule has 0 unspecified atom stereocenters. The van der Waals surface area contributed by atoms with E-state index in [1.165, 1.54) is 27.5 Å². The maximum atomic E-state index is 12.4. The normalized spacial score (nSPS) is 26.8. The van der Waals surface area contributed by atoms with Crippen molar-refractivity contribution in [3.05, 3.63) is 16.0 Å². The van der Waals surface area contributed by atoms with Gasteiger partial charge < -0.3 is 16.0 Å². The molecule has 1 aliphatic carbocycles. The van der Waals surface area contributed by atoms with Crippen molar-refractivity contribution in [3.8, 4) is 0 Å². The number of fused-ring (bicyclic) bond motifs is 1. The fraction of sp³-hybridized carbons (Fsp3) is 0.647. The lowest BCUT2D eigenvalue weighted by molar-refractivity contribution is -0.904. The number of nitrogens with one attached hydrogen (secondary N) is 2. The predicted molar refractivity (Wildman–Crippen MR) is 92.0 cm³/mol. The van der Waals surface area contributed by atoms with Gasteiger partial charge in [-0.25, -0.2) is 0 Å². The number of rotatable bonds is 4. The zero-order valence-electron chi connectivity index (χ0n) is 13.9. The van der Waals surface area contributed by atoms with Gasteiger partial charge in [-0.05, 0) is 31.2 Å². The number of anilines is 1. The molecule has 6 heteroatoms. The van der Waals surface area contributed by atoms with Crippen LogP contribution in [0.3, 0.4) is 0 Å². The maximum Gasteiger partial charge on any atom is 0.280 e. The quantitative estimate of drug-likeness (QED) is 0.762. The second-order valence-electron chi connectivity index (χ2n) is 7.25. The van der Waals surface area contributed by atoms with E-state index in [2.05, 4.69) is 19.2 Å². The summed E-state index contributed by atoms with van der Waals surface area (Å²) >= 11 is 1.53. The van der Waals surface area contributed by atoms with Crippen molar-refractivity contribution in [3.63, 3.8) is 0 Å². The first-order valence-corrected chi connectivity index (χ1v) is 9.33. The molecule has 0 spiro atoms. The van der Waals surface area contributed by atoms with E-state index < -0.39 is 5.91 Å². The fourth-order valence-corrected chi connectivity index (χ4v) is 5.53. The lowest BCUT2D eigenvalue weighted by atomic mass is 9.92. The minimum atomic E-state index is -0.424. The number of hydrogen-bond acceptors (Lipinski definition) is 3. The van der Waals surface area contributed by atoms with Gasteiger partial charge in [-0.3, -0.25) is 9.59 Å². The number of piperidine rings is 1. The SMILES string of the molecule is C[C@@H]1C[C@@H](C)C[NH+](CC(=O)Nc2sc3c(c2C(N)=O)CCC3)C1. The molecule has 23 heavy (non-hydrogen) atoms. The van der Waals surface area contributed by atoms with Crippen molar-refractivity contribution in [2.24, 2.45) is 17.6 Å². The molecule has 2 atom stereocenters. The molecule has 1 saturated heterocycles. The maximum absolute atomic E-state index is 12.4. The Morgan fingerprint density at radius 2 is 1.96 bits per heavy atom. The number of carbonyl (C=O) groups is 2. The van der Waals surface area contributed by atoms with Crippen molar-refractivity contribution in [1.82, 2.24) is 0 Å². The molecule has 1 aromatic heterocycles. The Kier molecular flexibility index (Phi) is 4.73. The molecule has 2 aliphatic rings. The summed E-state index contributed by atoms with van der Waals surface area (Å²) in [5.41, 5.74) is 7.15. The first-order valence-electron chi connectivity index (χ1n) is 8.51. The summed E-state index contributed by atoms with van der Waals surface area (Å²) in [4.78, 5) is 26.7. The van der Waals surface area contributed by atoms with Crippen molar-refractivity contribution in [1.29, 1.82) is 0 Å². The van der Waals surface area contributed by atoms with Gasteiger partial charge in [0, 0.05) is 16.7 Å². The molecular formula is C17H26N3O2S+. The highest BCUT2D eigenvalue weighted by molar-refractivity contribution is 7.17. The van der Waals surface area contributed by atoms with Gasteiger partial charge in [-0.2, -0.15) is 0 Å². The Morgan fingerprint density at radius 3 is 2.61 bits per heavy atom. The number of amides is 2. The van der Waals surface area contributed by atoms with Crippen LogP contribution in [0.5, 0.6) is 0 Å². The van der Waals surface area contributed by atoms with Crippen LogP contribution >= 0.6 is 11.3 Å². The average Bonchev–Trinajstić information content (AvgIpc) is 2.96. The van der Waals surface area contributed by atoms with Crippen molar-refractivity contribution < 1.29 is 14.5 Å². The monoisotopic (exact) mass is 336 g/mol. The summed E-state index contributed by atoms with van der Waals surface area (Å²) in [6.07, 6.45) is 4.20. The zero-order chi connectivity index (χ0) is 16.6. The number of quaternary nitrogens is 1. The molecular weight excluding hydrogens is 310 g/mol. The van der Waals surface area contributed by atoms with E-state index in [0.29, 0.717) is 28.9 Å². The van der Waals surface area contributed by atoms with Crippen LogP contribution in [-0.4, -0.2) is 31.4 Å². The van der Waals surface area contributed by atoms with Crippen LogP contribution in [-0.2, 0) is 17.6 Å². The zero-order valence-corrected chi connectivity index (χ0v) is 14.7. The molecule has 0 radical (unpaired) electrons. The van der Waals surface area contributed by atoms with E-state index in [9.17, 15) is 9.59 Å². The van der Waals surface area contributed by atoms with Gasteiger partial charge in [0.1, 0.15) is 5.00 Å². The number of likely N-dealkylation sites (tertiary alicyclic amines) is 1. The number of hydrogen-bond donors (Lipinski definition) is 3. The number of thiophene rings is 1. The fourth-order valence-electron chi connectivity index (χ4n) is 4.22. The van der Waals surface area contributed by atoms with E-state index in [4.69, 9.17) is 5.73 Å². The molecule has 0 bridgehead atoms. The molecule has 126 valence electrons. The molecule has 0 saturated carbocycles. The smallest absolute Gasteiger partial charge is 0.280 e. The molecule has 3 rings (SSSR count). The number of aryl methyl sites for hydroxylation is 1. The van der Waals surface area contributed by atoms with Crippen molar-refractivity contribution >= 4 is 28.2 Å². The molecule has 2 amide bonds. The van der Waals surface area contributed by atoms with Crippen LogP contribution in [0.4, 0.5) is 5.00 Å². The first-order chi connectivity index (χ1) is 10.9. The van der Waals surface area contributed by atoms with Gasteiger partial charge in [0.25, 0.3) is 11.8 Å². The van der Waals surface area contributed by atoms with Crippen LogP contribution in [0, 0.1) is 11.8 Å². The number of nitrogens with two attached hydrogens (primary N) is 1. The second kappa shape index (κ2) is 6.61. The van der Waals surface area contributed by atoms with Crippen molar-refractivity contribution in [2.75, 3.05) is 25.0 Å². The van der Waals surface area contributed by atoms with E-state index in [0.717, 1.165) is 37.9 Å². The van der Waals surface area contributed by atoms with Crippen LogP contribution < -0.4 is 16.0 Å². The molecule has 1 aliphatic heterocycles. The van der Waals surface area contributed by atoms with Gasteiger partial charge in [-0.15, -0.1) is 11.3 Å². The average molecular weight is 336 g/mol. The molecule has 4 N–H and O–H groups in total. The Hall–Kier alpha value is -1.40. The lowest BCUT2D eigenvalue weighted by Crippen LogP contribution is -3.15. The summed E-state index contributed by atoms with van der Waals surface area (Å²) in [5, 5.41) is 3.61. The van der Waals surface area contributed by atoms with Crippen LogP contribution in [0.15, 0.2) is 0 Å².